The molecule has 0 unspecified atom stereocenters. The fourth-order valence-electron chi connectivity index (χ4n) is 3.43. The fraction of sp³-hybridized carbons (Fsp3) is 0.250. The average molecular weight is 302 g/mol. The molecule has 4 rings (SSSR count). The van der Waals surface area contributed by atoms with Crippen molar-refractivity contribution in [2.24, 2.45) is 0 Å². The molecule has 0 spiro atoms. The van der Waals surface area contributed by atoms with Gasteiger partial charge >= 0.3 is 0 Å². The summed E-state index contributed by atoms with van der Waals surface area (Å²) in [6.45, 7) is 2.16. The van der Waals surface area contributed by atoms with Gasteiger partial charge in [-0.05, 0) is 49.7 Å². The molecule has 0 saturated carbocycles. The minimum Gasteiger partial charge on any atom is -0.456 e. The minimum atomic E-state index is 0.678. The molecule has 114 valence electrons. The van der Waals surface area contributed by atoms with Crippen LogP contribution in [0.25, 0.3) is 5.57 Å². The summed E-state index contributed by atoms with van der Waals surface area (Å²) in [6, 6.07) is 16.1. The highest BCUT2D eigenvalue weighted by atomic mass is 16.5. The molecule has 2 aromatic rings. The second-order valence-corrected chi connectivity index (χ2v) is 6.20. The van der Waals surface area contributed by atoms with Gasteiger partial charge in [-0.25, -0.2) is 0 Å². The van der Waals surface area contributed by atoms with Gasteiger partial charge in [0.15, 0.2) is 0 Å². The van der Waals surface area contributed by atoms with Crippen LogP contribution in [0.1, 0.15) is 29.5 Å². The maximum absolute atomic E-state index is 9.25. The highest BCUT2D eigenvalue weighted by Gasteiger charge is 2.26. The third-order valence-corrected chi connectivity index (χ3v) is 4.70. The molecule has 0 aliphatic carbocycles. The Morgan fingerprint density at radius 1 is 1.00 bits per heavy atom. The van der Waals surface area contributed by atoms with Crippen LogP contribution in [0.3, 0.4) is 0 Å². The predicted octanol–water partition coefficient (Wildman–Crippen LogP) is 4.19. The number of ether oxygens (including phenoxy) is 1. The van der Waals surface area contributed by atoms with Crippen molar-refractivity contribution in [2.75, 3.05) is 20.1 Å². The number of nitrogens with zero attached hydrogens (tertiary/aromatic N) is 2. The molecule has 0 aromatic heterocycles. The van der Waals surface area contributed by atoms with E-state index < -0.39 is 0 Å². The SMILES string of the molecule is CN1CCC(=C2c3ccccc3Oc3ccc(C#N)cc32)CC1. The lowest BCUT2D eigenvalue weighted by atomic mass is 9.85. The Bertz CT molecular complexity index is 835. The highest BCUT2D eigenvalue weighted by molar-refractivity contribution is 5.90. The number of benzene rings is 2. The van der Waals surface area contributed by atoms with Crippen molar-refractivity contribution < 1.29 is 4.74 Å². The van der Waals surface area contributed by atoms with Gasteiger partial charge in [0.05, 0.1) is 11.6 Å². The molecule has 0 bridgehead atoms. The van der Waals surface area contributed by atoms with Crippen molar-refractivity contribution in [3.05, 3.63) is 64.7 Å². The normalized spacial score (nSPS) is 17.0. The monoisotopic (exact) mass is 302 g/mol. The summed E-state index contributed by atoms with van der Waals surface area (Å²) in [6.07, 6.45) is 2.13. The molecular formula is C20H18N2O. The standard InChI is InChI=1S/C20H18N2O/c1-22-10-8-15(9-11-22)20-16-4-2-3-5-18(16)23-19-7-6-14(13-21)12-17(19)20/h2-7,12H,8-11H2,1H3. The zero-order valence-corrected chi connectivity index (χ0v) is 13.2. The van der Waals surface area contributed by atoms with E-state index in [1.165, 1.54) is 11.1 Å². The smallest absolute Gasteiger partial charge is 0.135 e. The lowest BCUT2D eigenvalue weighted by Crippen LogP contribution is -2.27. The number of hydrogen-bond donors (Lipinski definition) is 0. The number of hydrogen-bond acceptors (Lipinski definition) is 3. The summed E-state index contributed by atoms with van der Waals surface area (Å²) in [5.74, 6) is 1.76. The van der Waals surface area contributed by atoms with Crippen molar-refractivity contribution in [1.82, 2.24) is 4.90 Å². The zero-order chi connectivity index (χ0) is 15.8. The van der Waals surface area contributed by atoms with Gasteiger partial charge in [0.2, 0.25) is 0 Å². The second-order valence-electron chi connectivity index (χ2n) is 6.20. The predicted molar refractivity (Wildman–Crippen MR) is 90.4 cm³/mol. The summed E-state index contributed by atoms with van der Waals surface area (Å²) >= 11 is 0. The van der Waals surface area contributed by atoms with Crippen LogP contribution in [0.15, 0.2) is 48.0 Å². The van der Waals surface area contributed by atoms with Crippen molar-refractivity contribution in [3.8, 4) is 17.6 Å². The van der Waals surface area contributed by atoms with Gasteiger partial charge in [0.25, 0.3) is 0 Å². The molecule has 0 amide bonds. The first-order chi connectivity index (χ1) is 11.3. The third-order valence-electron chi connectivity index (χ3n) is 4.70. The molecule has 1 fully saturated rings. The van der Waals surface area contributed by atoms with Gasteiger partial charge in [0, 0.05) is 24.2 Å². The van der Waals surface area contributed by atoms with Gasteiger partial charge in [0.1, 0.15) is 11.5 Å². The summed E-state index contributed by atoms with van der Waals surface area (Å²) in [5.41, 5.74) is 5.62. The Labute approximate surface area is 136 Å². The van der Waals surface area contributed by atoms with Crippen LogP contribution in [0.5, 0.6) is 11.5 Å². The van der Waals surface area contributed by atoms with Crippen LogP contribution in [0.4, 0.5) is 0 Å². The second kappa shape index (κ2) is 5.57. The molecule has 1 saturated heterocycles. The Balaban J connectivity index is 1.94. The first-order valence-corrected chi connectivity index (χ1v) is 7.98. The van der Waals surface area contributed by atoms with Crippen LogP contribution in [-0.2, 0) is 0 Å². The first-order valence-electron chi connectivity index (χ1n) is 7.98. The number of piperidine rings is 1. The van der Waals surface area contributed by atoms with E-state index in [0.29, 0.717) is 5.56 Å². The van der Waals surface area contributed by atoms with Gasteiger partial charge in [-0.1, -0.05) is 23.8 Å². The van der Waals surface area contributed by atoms with Gasteiger partial charge in [-0.15, -0.1) is 0 Å². The van der Waals surface area contributed by atoms with E-state index in [1.54, 1.807) is 0 Å². The molecule has 23 heavy (non-hydrogen) atoms. The van der Waals surface area contributed by atoms with E-state index in [-0.39, 0.29) is 0 Å². The Kier molecular flexibility index (Phi) is 3.40. The van der Waals surface area contributed by atoms with Crippen molar-refractivity contribution in [2.45, 2.75) is 12.8 Å². The molecular weight excluding hydrogens is 284 g/mol. The molecule has 3 nitrogen and oxygen atoms in total. The lowest BCUT2D eigenvalue weighted by molar-refractivity contribution is 0.313. The Hall–Kier alpha value is -2.57. The minimum absolute atomic E-state index is 0.678. The van der Waals surface area contributed by atoms with E-state index >= 15 is 0 Å². The van der Waals surface area contributed by atoms with Crippen molar-refractivity contribution >= 4 is 5.57 Å². The number of nitriles is 1. The molecule has 0 radical (unpaired) electrons. The maximum Gasteiger partial charge on any atom is 0.135 e. The van der Waals surface area contributed by atoms with E-state index in [9.17, 15) is 5.26 Å². The van der Waals surface area contributed by atoms with Gasteiger partial charge < -0.3 is 9.64 Å². The topological polar surface area (TPSA) is 36.3 Å². The molecule has 2 aliphatic rings. The van der Waals surface area contributed by atoms with E-state index in [2.05, 4.69) is 30.1 Å². The number of rotatable bonds is 0. The van der Waals surface area contributed by atoms with Crippen LogP contribution in [-0.4, -0.2) is 25.0 Å². The fourth-order valence-corrected chi connectivity index (χ4v) is 3.43. The summed E-state index contributed by atoms with van der Waals surface area (Å²) in [7, 11) is 2.17. The van der Waals surface area contributed by atoms with E-state index in [0.717, 1.165) is 48.6 Å². The summed E-state index contributed by atoms with van der Waals surface area (Å²) in [5, 5.41) is 9.25. The maximum atomic E-state index is 9.25. The quantitative estimate of drug-likeness (QED) is 0.624. The summed E-state index contributed by atoms with van der Waals surface area (Å²) < 4.78 is 6.07. The van der Waals surface area contributed by atoms with E-state index in [4.69, 9.17) is 4.74 Å². The first kappa shape index (κ1) is 14.0. The molecule has 0 N–H and O–H groups in total. The van der Waals surface area contributed by atoms with Crippen LogP contribution >= 0.6 is 0 Å². The zero-order valence-electron chi connectivity index (χ0n) is 13.2. The average Bonchev–Trinajstić information content (AvgIpc) is 2.60. The molecule has 0 atom stereocenters. The Morgan fingerprint density at radius 3 is 2.52 bits per heavy atom. The molecule has 2 aliphatic heterocycles. The van der Waals surface area contributed by atoms with E-state index in [1.807, 2.05) is 30.3 Å². The van der Waals surface area contributed by atoms with Crippen LogP contribution in [0, 0.1) is 11.3 Å². The van der Waals surface area contributed by atoms with Crippen LogP contribution < -0.4 is 4.74 Å². The van der Waals surface area contributed by atoms with Crippen molar-refractivity contribution in [3.63, 3.8) is 0 Å². The Morgan fingerprint density at radius 2 is 1.74 bits per heavy atom. The van der Waals surface area contributed by atoms with Crippen molar-refractivity contribution in [1.29, 1.82) is 5.26 Å². The number of likely N-dealkylation sites (tertiary alicyclic amines) is 1. The van der Waals surface area contributed by atoms with Crippen LogP contribution in [0.2, 0.25) is 0 Å². The number of para-hydroxylation sites is 1. The summed E-state index contributed by atoms with van der Waals surface area (Å²) in [4.78, 5) is 2.36. The largest absolute Gasteiger partial charge is 0.456 e. The van der Waals surface area contributed by atoms with Gasteiger partial charge in [-0.3, -0.25) is 0 Å². The molecule has 2 heterocycles. The number of fused-ring (bicyclic) bond motifs is 2. The molecule has 3 heteroatoms. The molecule has 2 aromatic carbocycles. The van der Waals surface area contributed by atoms with Gasteiger partial charge in [-0.2, -0.15) is 5.26 Å². The lowest BCUT2D eigenvalue weighted by Gasteiger charge is -2.30. The third kappa shape index (κ3) is 2.42. The highest BCUT2D eigenvalue weighted by Crippen LogP contribution is 2.46.